The normalized spacial score (nSPS) is 14.1. The first-order valence-corrected chi connectivity index (χ1v) is 14.3. The molecule has 0 aliphatic carbocycles. The van der Waals surface area contributed by atoms with E-state index in [1.165, 1.54) is 12.1 Å². The van der Waals surface area contributed by atoms with Crippen LogP contribution in [0, 0.1) is 20.8 Å². The van der Waals surface area contributed by atoms with Crippen molar-refractivity contribution in [3.63, 3.8) is 0 Å². The second-order valence-electron chi connectivity index (χ2n) is 10.5. The van der Waals surface area contributed by atoms with Gasteiger partial charge in [0.15, 0.2) is 17.7 Å². The topological polar surface area (TPSA) is 101 Å². The molecule has 1 aliphatic rings. The predicted molar refractivity (Wildman–Crippen MR) is 172 cm³/mol. The number of aromatic hydroxyl groups is 1. The summed E-state index contributed by atoms with van der Waals surface area (Å²) in [4.78, 5) is 22.8. The van der Waals surface area contributed by atoms with Crippen LogP contribution in [0.25, 0.3) is 11.0 Å². The fourth-order valence-corrected chi connectivity index (χ4v) is 5.46. The first kappa shape index (κ1) is 28.5. The molecule has 1 amide bonds. The zero-order chi connectivity index (χ0) is 30.4. The molecule has 2 N–H and O–H groups in total. The third-order valence-electron chi connectivity index (χ3n) is 7.14. The zero-order valence-corrected chi connectivity index (χ0v) is 25.3. The third-order valence-corrected chi connectivity index (χ3v) is 7.72. The number of anilines is 1. The van der Waals surface area contributed by atoms with Crippen LogP contribution in [-0.2, 0) is 4.79 Å². The number of aliphatic imine (C=N–C) groups is 1. The lowest BCUT2D eigenvalue weighted by Gasteiger charge is -2.17. The van der Waals surface area contributed by atoms with Crippen molar-refractivity contribution in [1.82, 2.24) is 9.66 Å². The number of para-hydroxylation sites is 1. The molecule has 0 saturated heterocycles. The lowest BCUT2D eigenvalue weighted by atomic mass is 10.0. The number of fused-ring (bicyclic) bond motifs is 3. The van der Waals surface area contributed by atoms with Gasteiger partial charge >= 0.3 is 0 Å². The quantitative estimate of drug-likeness (QED) is 0.205. The molecule has 10 heteroatoms. The van der Waals surface area contributed by atoms with Gasteiger partial charge in [-0.15, -0.1) is 0 Å². The average molecular weight is 613 g/mol. The Labute approximate surface area is 258 Å². The summed E-state index contributed by atoms with van der Waals surface area (Å²) < 4.78 is 7.72. The van der Waals surface area contributed by atoms with Crippen LogP contribution < -0.4 is 10.1 Å². The minimum Gasteiger partial charge on any atom is -0.505 e. The Bertz CT molecular complexity index is 1970. The highest BCUT2D eigenvalue weighted by atomic mass is 35.5. The van der Waals surface area contributed by atoms with Crippen LogP contribution in [0.4, 0.5) is 11.4 Å². The number of halogens is 2. The Morgan fingerprint density at radius 2 is 1.72 bits per heavy atom. The number of amides is 1. The molecule has 2 heterocycles. The molecular formula is C33H27Cl2N5O3. The van der Waals surface area contributed by atoms with E-state index < -0.39 is 6.10 Å². The van der Waals surface area contributed by atoms with Gasteiger partial charge in [0.25, 0.3) is 5.91 Å². The number of hydrogen-bond acceptors (Lipinski definition) is 6. The number of benzene rings is 4. The van der Waals surface area contributed by atoms with Crippen LogP contribution in [0.5, 0.6) is 11.5 Å². The number of nitrogens with one attached hydrogen (secondary N) is 1. The number of aryl methyl sites for hydroxylation is 3. The molecule has 43 heavy (non-hydrogen) atoms. The number of phenolic OH excluding ortho intramolecular Hbond substituents is 1. The van der Waals surface area contributed by atoms with Gasteiger partial charge in [-0.05, 0) is 75.2 Å². The first-order valence-electron chi connectivity index (χ1n) is 13.6. The second-order valence-corrected chi connectivity index (χ2v) is 11.3. The summed E-state index contributed by atoms with van der Waals surface area (Å²) >= 11 is 12.4. The summed E-state index contributed by atoms with van der Waals surface area (Å²) in [6.07, 6.45) is -0.727. The zero-order valence-electron chi connectivity index (χ0n) is 23.8. The number of carbonyl (C=O) groups is 1. The molecule has 216 valence electrons. The Balaban J connectivity index is 1.36. The summed E-state index contributed by atoms with van der Waals surface area (Å²) in [6.45, 7) is 7.67. The Morgan fingerprint density at radius 1 is 0.977 bits per heavy atom. The maximum absolute atomic E-state index is 13.1. The fourth-order valence-electron chi connectivity index (χ4n) is 4.99. The van der Waals surface area contributed by atoms with E-state index in [4.69, 9.17) is 43.0 Å². The van der Waals surface area contributed by atoms with Crippen molar-refractivity contribution >= 4 is 62.9 Å². The van der Waals surface area contributed by atoms with Gasteiger partial charge in [0.2, 0.25) is 0 Å². The molecule has 6 rings (SSSR count). The summed E-state index contributed by atoms with van der Waals surface area (Å²) in [5, 5.41) is 18.1. The minimum atomic E-state index is -0.727. The summed E-state index contributed by atoms with van der Waals surface area (Å²) in [5.41, 5.74) is 7.48. The van der Waals surface area contributed by atoms with Crippen molar-refractivity contribution in [1.29, 1.82) is 0 Å². The van der Waals surface area contributed by atoms with Crippen LogP contribution in [-0.4, -0.2) is 38.2 Å². The molecule has 5 aromatic rings. The van der Waals surface area contributed by atoms with Gasteiger partial charge in [0.1, 0.15) is 17.2 Å². The van der Waals surface area contributed by atoms with Gasteiger partial charge in [-0.3, -0.25) is 4.79 Å². The fraction of sp³-hybridized carbons (Fsp3) is 0.152. The van der Waals surface area contributed by atoms with Crippen LogP contribution in [0.2, 0.25) is 10.0 Å². The van der Waals surface area contributed by atoms with Crippen molar-refractivity contribution in [3.05, 3.63) is 111 Å². The predicted octanol–water partition coefficient (Wildman–Crippen LogP) is 7.77. The molecule has 1 aromatic heterocycles. The van der Waals surface area contributed by atoms with E-state index in [-0.39, 0.29) is 21.7 Å². The molecule has 0 spiro atoms. The molecule has 8 nitrogen and oxygen atoms in total. The highest BCUT2D eigenvalue weighted by Crippen LogP contribution is 2.37. The second kappa shape index (κ2) is 11.2. The number of phenols is 1. The molecule has 1 atom stereocenters. The SMILES string of the molecule is Cc1ccc(OC(C)C(=O)Nc2cccc(C3=Nn4c(nc5cccc(C)c54)C3=Nc3cc(Cl)c(O)c(Cl)c3)c2)c(C)c1. The molecule has 0 saturated carbocycles. The van der Waals surface area contributed by atoms with Gasteiger partial charge in [0, 0.05) is 11.3 Å². The van der Waals surface area contributed by atoms with Crippen molar-refractivity contribution in [2.24, 2.45) is 10.1 Å². The monoisotopic (exact) mass is 611 g/mol. The van der Waals surface area contributed by atoms with Crippen LogP contribution in [0.15, 0.2) is 82.9 Å². The lowest BCUT2D eigenvalue weighted by molar-refractivity contribution is -0.122. The van der Waals surface area contributed by atoms with Crippen molar-refractivity contribution in [2.75, 3.05) is 5.32 Å². The smallest absolute Gasteiger partial charge is 0.265 e. The summed E-state index contributed by atoms with van der Waals surface area (Å²) in [6, 6.07) is 22.1. The van der Waals surface area contributed by atoms with E-state index in [2.05, 4.69) is 5.32 Å². The van der Waals surface area contributed by atoms with Gasteiger partial charge in [-0.1, -0.05) is 65.2 Å². The van der Waals surface area contributed by atoms with Crippen LogP contribution in [0.3, 0.4) is 0 Å². The van der Waals surface area contributed by atoms with Crippen molar-refractivity contribution < 1.29 is 14.6 Å². The maximum atomic E-state index is 13.1. The largest absolute Gasteiger partial charge is 0.505 e. The molecule has 0 fully saturated rings. The lowest BCUT2D eigenvalue weighted by Crippen LogP contribution is -2.30. The van der Waals surface area contributed by atoms with E-state index in [0.717, 1.165) is 27.7 Å². The number of ether oxygens (including phenoxy) is 1. The Hall–Kier alpha value is -4.66. The molecule has 1 aliphatic heterocycles. The molecule has 1 unspecified atom stereocenters. The van der Waals surface area contributed by atoms with E-state index in [1.54, 1.807) is 17.7 Å². The van der Waals surface area contributed by atoms with E-state index >= 15 is 0 Å². The maximum Gasteiger partial charge on any atom is 0.265 e. The number of imidazole rings is 1. The number of rotatable bonds is 6. The van der Waals surface area contributed by atoms with Crippen molar-refractivity contribution in [2.45, 2.75) is 33.8 Å². The molecule has 4 aromatic carbocycles. The number of aromatic nitrogens is 2. The summed E-state index contributed by atoms with van der Waals surface area (Å²) in [5.74, 6) is 0.705. The van der Waals surface area contributed by atoms with Gasteiger partial charge in [0.05, 0.1) is 26.8 Å². The number of carbonyl (C=O) groups excluding carboxylic acids is 1. The van der Waals surface area contributed by atoms with E-state index in [0.29, 0.717) is 39.9 Å². The third kappa shape index (κ3) is 5.47. The molecular weight excluding hydrogens is 585 g/mol. The van der Waals surface area contributed by atoms with E-state index in [1.807, 2.05) is 75.4 Å². The van der Waals surface area contributed by atoms with Crippen molar-refractivity contribution in [3.8, 4) is 11.5 Å². The minimum absolute atomic E-state index is 0.0783. The average Bonchev–Trinajstić information content (AvgIpc) is 3.50. The summed E-state index contributed by atoms with van der Waals surface area (Å²) in [7, 11) is 0. The van der Waals surface area contributed by atoms with Gasteiger partial charge in [-0.2, -0.15) is 5.10 Å². The Morgan fingerprint density at radius 3 is 2.47 bits per heavy atom. The van der Waals surface area contributed by atoms with Gasteiger partial charge < -0.3 is 15.2 Å². The van der Waals surface area contributed by atoms with Crippen LogP contribution >= 0.6 is 23.2 Å². The molecule has 0 radical (unpaired) electrons. The van der Waals surface area contributed by atoms with Crippen LogP contribution in [0.1, 0.15) is 35.0 Å². The molecule has 0 bridgehead atoms. The highest BCUT2D eigenvalue weighted by molar-refractivity contribution is 6.54. The first-order chi connectivity index (χ1) is 20.6. The van der Waals surface area contributed by atoms with Gasteiger partial charge in [-0.25, -0.2) is 14.7 Å². The number of hydrogen-bond donors (Lipinski definition) is 2. The standard InChI is InChI=1S/C33H27Cl2N5O3/c1-17-11-12-27(19(3)13-17)43-20(4)33(42)37-22-9-6-8-21(14-22)28-29(36-23-15-24(34)31(41)25(35)16-23)32-38-26-10-5-7-18(2)30(26)40(32)39-28/h5-16,20,41H,1-4H3,(H,37,42). The number of nitrogens with zero attached hydrogens (tertiary/aromatic N) is 4. The van der Waals surface area contributed by atoms with E-state index in [9.17, 15) is 9.90 Å². The highest BCUT2D eigenvalue weighted by Gasteiger charge is 2.29. The Kier molecular flexibility index (Phi) is 7.42.